The van der Waals surface area contributed by atoms with Gasteiger partial charge in [-0.1, -0.05) is 153 Å². The minimum Gasteiger partial charge on any atom is -0.394 e. The zero-order chi connectivity index (χ0) is 29.4. The van der Waals surface area contributed by atoms with E-state index < -0.39 is 12.1 Å². The van der Waals surface area contributed by atoms with Crippen molar-refractivity contribution in [2.75, 3.05) is 6.61 Å². The van der Waals surface area contributed by atoms with E-state index in [4.69, 9.17) is 0 Å². The zero-order valence-electron chi connectivity index (χ0n) is 26.6. The highest BCUT2D eigenvalue weighted by Gasteiger charge is 2.17. The number of allylic oxidation sites excluding steroid dienone is 5. The second kappa shape index (κ2) is 32.1. The third kappa shape index (κ3) is 28.1. The number of aliphatic hydroxyl groups excluding tert-OH is 2. The maximum Gasteiger partial charge on any atom is 0.220 e. The Balaban J connectivity index is 3.61. The summed E-state index contributed by atoms with van der Waals surface area (Å²) in [6.45, 7) is 4.19. The van der Waals surface area contributed by atoms with E-state index in [1.807, 2.05) is 6.08 Å². The van der Waals surface area contributed by atoms with Crippen LogP contribution in [-0.2, 0) is 4.79 Å². The molecule has 1 amide bonds. The van der Waals surface area contributed by atoms with Gasteiger partial charge in [-0.25, -0.2) is 0 Å². The molecule has 40 heavy (non-hydrogen) atoms. The molecule has 0 aliphatic rings. The van der Waals surface area contributed by atoms with Crippen LogP contribution in [0.4, 0.5) is 0 Å². The molecule has 0 aliphatic carbocycles. The molecule has 2 unspecified atom stereocenters. The van der Waals surface area contributed by atoms with Gasteiger partial charge < -0.3 is 15.5 Å². The summed E-state index contributed by atoms with van der Waals surface area (Å²) >= 11 is 0. The highest BCUT2D eigenvalue weighted by Crippen LogP contribution is 2.13. The lowest BCUT2D eigenvalue weighted by atomic mass is 10.0. The van der Waals surface area contributed by atoms with Crippen molar-refractivity contribution in [2.45, 2.75) is 180 Å². The second-order valence-electron chi connectivity index (χ2n) is 11.6. The van der Waals surface area contributed by atoms with Crippen molar-refractivity contribution in [1.82, 2.24) is 5.32 Å². The second-order valence-corrected chi connectivity index (χ2v) is 11.6. The summed E-state index contributed by atoms with van der Waals surface area (Å²) in [6, 6.07) is -0.638. The lowest BCUT2D eigenvalue weighted by Gasteiger charge is -2.19. The lowest BCUT2D eigenvalue weighted by molar-refractivity contribution is -0.123. The lowest BCUT2D eigenvalue weighted by Crippen LogP contribution is -2.45. The fourth-order valence-electron chi connectivity index (χ4n) is 4.91. The molecule has 0 saturated carbocycles. The predicted molar refractivity (Wildman–Crippen MR) is 175 cm³/mol. The van der Waals surface area contributed by atoms with Gasteiger partial charge in [-0.3, -0.25) is 4.79 Å². The summed E-state index contributed by atoms with van der Waals surface area (Å²) in [5.41, 5.74) is 0. The Kier molecular flexibility index (Phi) is 31.0. The highest BCUT2D eigenvalue weighted by molar-refractivity contribution is 5.76. The minimum atomic E-state index is -0.863. The Morgan fingerprint density at radius 1 is 0.575 bits per heavy atom. The predicted octanol–water partition coefficient (Wildman–Crippen LogP) is 9.90. The first-order chi connectivity index (χ1) is 19.7. The summed E-state index contributed by atoms with van der Waals surface area (Å²) in [5.74, 6) is -0.0932. The van der Waals surface area contributed by atoms with E-state index in [9.17, 15) is 15.0 Å². The zero-order valence-corrected chi connectivity index (χ0v) is 26.6. The Morgan fingerprint density at radius 3 is 1.45 bits per heavy atom. The molecule has 0 aromatic carbocycles. The standard InChI is InChI=1S/C36H67NO3/c1-3-5-7-9-10-11-12-13-14-15-16-17-18-19-20-21-22-23-24-25-26-28-29-31-35(39)34(33-38)37-36(40)32-30-27-8-6-4-2/h20-21,24-25,29,31,34-35,38-39H,3-19,22-23,26-28,30,32-33H2,1-2H3,(H,37,40)/b21-20+,25-24+,31-29+. The first-order valence-electron chi connectivity index (χ1n) is 17.2. The smallest absolute Gasteiger partial charge is 0.220 e. The molecule has 3 N–H and O–H groups in total. The first-order valence-corrected chi connectivity index (χ1v) is 17.2. The van der Waals surface area contributed by atoms with Gasteiger partial charge in [-0.15, -0.1) is 0 Å². The van der Waals surface area contributed by atoms with Crippen molar-refractivity contribution < 1.29 is 15.0 Å². The van der Waals surface area contributed by atoms with Crippen LogP contribution in [0, 0.1) is 0 Å². The Bertz CT molecular complexity index is 613. The number of hydrogen-bond acceptors (Lipinski definition) is 3. The van der Waals surface area contributed by atoms with Gasteiger partial charge in [-0.05, 0) is 44.9 Å². The van der Waals surface area contributed by atoms with Gasteiger partial charge in [0.1, 0.15) is 0 Å². The molecule has 0 aromatic heterocycles. The molecule has 0 aromatic rings. The van der Waals surface area contributed by atoms with Crippen molar-refractivity contribution in [3.05, 3.63) is 36.5 Å². The molecule has 0 spiro atoms. The largest absolute Gasteiger partial charge is 0.394 e. The monoisotopic (exact) mass is 562 g/mol. The molecule has 4 heteroatoms. The van der Waals surface area contributed by atoms with Crippen LogP contribution in [0.3, 0.4) is 0 Å². The number of carbonyl (C=O) groups is 1. The van der Waals surface area contributed by atoms with Crippen molar-refractivity contribution >= 4 is 5.91 Å². The SMILES string of the molecule is CCCCCCCCCCCCCCC/C=C/CC/C=C/CC/C=C/C(O)C(CO)NC(=O)CCCCCCC. The summed E-state index contributed by atoms with van der Waals surface area (Å²) in [7, 11) is 0. The topological polar surface area (TPSA) is 69.6 Å². The van der Waals surface area contributed by atoms with Crippen LogP contribution in [-0.4, -0.2) is 34.9 Å². The molecule has 0 aliphatic heterocycles. The van der Waals surface area contributed by atoms with E-state index in [0.717, 1.165) is 44.9 Å². The van der Waals surface area contributed by atoms with Crippen LogP contribution in [0.25, 0.3) is 0 Å². The van der Waals surface area contributed by atoms with Crippen LogP contribution < -0.4 is 5.32 Å². The quantitative estimate of drug-likeness (QED) is 0.0603. The molecule has 0 radical (unpaired) electrons. The van der Waals surface area contributed by atoms with Gasteiger partial charge in [0, 0.05) is 6.42 Å². The molecule has 4 nitrogen and oxygen atoms in total. The van der Waals surface area contributed by atoms with Crippen molar-refractivity contribution in [3.63, 3.8) is 0 Å². The maximum absolute atomic E-state index is 12.1. The van der Waals surface area contributed by atoms with Gasteiger partial charge in [-0.2, -0.15) is 0 Å². The Morgan fingerprint density at radius 2 is 0.975 bits per heavy atom. The van der Waals surface area contributed by atoms with Crippen LogP contribution in [0.1, 0.15) is 168 Å². The maximum atomic E-state index is 12.1. The summed E-state index contributed by atoms with van der Waals surface area (Å²) in [6.07, 6.45) is 41.2. The fraction of sp³-hybridized carbons (Fsp3) is 0.806. The van der Waals surface area contributed by atoms with Crippen LogP contribution >= 0.6 is 0 Å². The van der Waals surface area contributed by atoms with E-state index >= 15 is 0 Å². The van der Waals surface area contributed by atoms with Crippen molar-refractivity contribution in [1.29, 1.82) is 0 Å². The average molecular weight is 562 g/mol. The molecule has 0 saturated heterocycles. The number of carbonyl (C=O) groups excluding carboxylic acids is 1. The summed E-state index contributed by atoms with van der Waals surface area (Å²) in [5, 5.41) is 22.6. The molecule has 234 valence electrons. The van der Waals surface area contributed by atoms with E-state index in [0.29, 0.717) is 6.42 Å². The van der Waals surface area contributed by atoms with E-state index in [1.165, 1.54) is 103 Å². The number of aliphatic hydroxyl groups is 2. The third-order valence-corrected chi connectivity index (χ3v) is 7.60. The van der Waals surface area contributed by atoms with Crippen LogP contribution in [0.5, 0.6) is 0 Å². The normalized spacial score (nSPS) is 13.6. The average Bonchev–Trinajstić information content (AvgIpc) is 2.96. The molecule has 0 fully saturated rings. The van der Waals surface area contributed by atoms with Gasteiger partial charge in [0.05, 0.1) is 18.8 Å². The summed E-state index contributed by atoms with van der Waals surface area (Å²) in [4.78, 5) is 12.1. The van der Waals surface area contributed by atoms with Crippen LogP contribution in [0.15, 0.2) is 36.5 Å². The Labute approximate surface area is 249 Å². The molecule has 0 bridgehead atoms. The van der Waals surface area contributed by atoms with Gasteiger partial charge >= 0.3 is 0 Å². The van der Waals surface area contributed by atoms with Crippen molar-refractivity contribution in [2.24, 2.45) is 0 Å². The van der Waals surface area contributed by atoms with Crippen molar-refractivity contribution in [3.8, 4) is 0 Å². The molecule has 0 heterocycles. The third-order valence-electron chi connectivity index (χ3n) is 7.60. The number of rotatable bonds is 30. The highest BCUT2D eigenvalue weighted by atomic mass is 16.3. The van der Waals surface area contributed by atoms with E-state index in [2.05, 4.69) is 43.5 Å². The first kappa shape index (κ1) is 38.6. The van der Waals surface area contributed by atoms with E-state index in [1.54, 1.807) is 6.08 Å². The molecule has 2 atom stereocenters. The number of nitrogens with one attached hydrogen (secondary N) is 1. The minimum absolute atomic E-state index is 0.0932. The van der Waals surface area contributed by atoms with Crippen LogP contribution in [0.2, 0.25) is 0 Å². The molecular weight excluding hydrogens is 494 g/mol. The molecule has 0 rings (SSSR count). The fourth-order valence-corrected chi connectivity index (χ4v) is 4.91. The van der Waals surface area contributed by atoms with Gasteiger partial charge in [0.2, 0.25) is 5.91 Å². The Hall–Kier alpha value is -1.39. The molecular formula is C36H67NO3. The van der Waals surface area contributed by atoms with Gasteiger partial charge in [0.15, 0.2) is 0 Å². The van der Waals surface area contributed by atoms with Gasteiger partial charge in [0.25, 0.3) is 0 Å². The summed E-state index contributed by atoms with van der Waals surface area (Å²) < 4.78 is 0. The number of hydrogen-bond donors (Lipinski definition) is 3. The number of amides is 1. The van der Waals surface area contributed by atoms with E-state index in [-0.39, 0.29) is 12.5 Å². The number of unbranched alkanes of at least 4 members (excludes halogenated alkanes) is 19.